The lowest BCUT2D eigenvalue weighted by molar-refractivity contribution is 0.433. The van der Waals surface area contributed by atoms with E-state index in [1.54, 1.807) is 11.3 Å². The Morgan fingerprint density at radius 2 is 2.43 bits per heavy atom. The molecule has 0 aromatic carbocycles. The van der Waals surface area contributed by atoms with Crippen LogP contribution in [0.2, 0.25) is 0 Å². The van der Waals surface area contributed by atoms with Gasteiger partial charge in [0.25, 0.3) is 0 Å². The van der Waals surface area contributed by atoms with Crippen molar-refractivity contribution in [2.24, 2.45) is 5.41 Å². The highest BCUT2D eigenvalue weighted by molar-refractivity contribution is 7.09. The molecule has 0 spiro atoms. The standard InChI is InChI=1S/C10H15N3S/c1-10(2,7-11)3-4-12-5-9-6-13-8-14-9/h6,8,12H,3-5H2,1-2H3. The Labute approximate surface area is 88.8 Å². The molecule has 0 aliphatic rings. The van der Waals surface area contributed by atoms with Gasteiger partial charge in [-0.3, -0.25) is 4.98 Å². The summed E-state index contributed by atoms with van der Waals surface area (Å²) in [4.78, 5) is 5.23. The van der Waals surface area contributed by atoms with E-state index in [0.29, 0.717) is 0 Å². The zero-order chi connectivity index (χ0) is 10.4. The van der Waals surface area contributed by atoms with Crippen LogP contribution in [0, 0.1) is 16.7 Å². The van der Waals surface area contributed by atoms with Gasteiger partial charge in [0.1, 0.15) is 0 Å². The first kappa shape index (κ1) is 11.2. The van der Waals surface area contributed by atoms with Gasteiger partial charge in [0.05, 0.1) is 17.0 Å². The Bertz CT molecular complexity index is 298. The maximum absolute atomic E-state index is 8.79. The second-order valence-corrected chi connectivity index (χ2v) is 4.86. The van der Waals surface area contributed by atoms with Crippen molar-refractivity contribution in [2.45, 2.75) is 26.8 Å². The molecule has 1 N–H and O–H groups in total. The minimum atomic E-state index is -0.222. The molecule has 14 heavy (non-hydrogen) atoms. The highest BCUT2D eigenvalue weighted by Gasteiger charge is 2.15. The van der Waals surface area contributed by atoms with Crippen molar-refractivity contribution in [2.75, 3.05) is 6.54 Å². The minimum absolute atomic E-state index is 0.222. The van der Waals surface area contributed by atoms with E-state index in [-0.39, 0.29) is 5.41 Å². The van der Waals surface area contributed by atoms with Crippen LogP contribution in [0.5, 0.6) is 0 Å². The van der Waals surface area contributed by atoms with Crippen LogP contribution >= 0.6 is 11.3 Å². The molecule has 1 rings (SSSR count). The van der Waals surface area contributed by atoms with Gasteiger partial charge in [-0.2, -0.15) is 5.26 Å². The molecule has 0 saturated carbocycles. The molecular weight excluding hydrogens is 194 g/mol. The third-order valence-electron chi connectivity index (χ3n) is 2.01. The van der Waals surface area contributed by atoms with Crippen molar-refractivity contribution in [1.29, 1.82) is 5.26 Å². The number of hydrogen-bond donors (Lipinski definition) is 1. The second-order valence-electron chi connectivity index (χ2n) is 3.89. The van der Waals surface area contributed by atoms with Crippen LogP contribution in [0.25, 0.3) is 0 Å². The van der Waals surface area contributed by atoms with Gasteiger partial charge in [-0.05, 0) is 26.8 Å². The van der Waals surface area contributed by atoms with E-state index in [0.717, 1.165) is 19.5 Å². The molecule has 4 heteroatoms. The van der Waals surface area contributed by atoms with Gasteiger partial charge in [-0.25, -0.2) is 0 Å². The molecule has 1 aromatic heterocycles. The number of thiazole rings is 1. The first-order valence-electron chi connectivity index (χ1n) is 4.63. The summed E-state index contributed by atoms with van der Waals surface area (Å²) in [5.74, 6) is 0. The maximum atomic E-state index is 8.79. The van der Waals surface area contributed by atoms with Crippen LogP contribution < -0.4 is 5.32 Å². The minimum Gasteiger partial charge on any atom is -0.312 e. The van der Waals surface area contributed by atoms with Crippen molar-refractivity contribution in [1.82, 2.24) is 10.3 Å². The number of nitrogens with one attached hydrogen (secondary N) is 1. The van der Waals surface area contributed by atoms with Gasteiger partial charge < -0.3 is 5.32 Å². The quantitative estimate of drug-likeness (QED) is 0.756. The first-order valence-corrected chi connectivity index (χ1v) is 5.51. The predicted molar refractivity (Wildman–Crippen MR) is 57.8 cm³/mol. The molecule has 0 bridgehead atoms. The Hall–Kier alpha value is -0.920. The molecule has 0 radical (unpaired) electrons. The zero-order valence-electron chi connectivity index (χ0n) is 8.58. The van der Waals surface area contributed by atoms with Crippen LogP contribution in [0.1, 0.15) is 25.1 Å². The van der Waals surface area contributed by atoms with Gasteiger partial charge in [-0.1, -0.05) is 0 Å². The molecule has 0 aliphatic carbocycles. The Kier molecular flexibility index (Phi) is 4.05. The maximum Gasteiger partial charge on any atom is 0.0794 e. The molecule has 0 unspecified atom stereocenters. The monoisotopic (exact) mass is 209 g/mol. The van der Waals surface area contributed by atoms with E-state index in [1.807, 2.05) is 25.6 Å². The lowest BCUT2D eigenvalue weighted by atomic mass is 9.91. The first-order chi connectivity index (χ1) is 6.64. The molecule has 1 aromatic rings. The summed E-state index contributed by atoms with van der Waals surface area (Å²) in [5, 5.41) is 12.1. The summed E-state index contributed by atoms with van der Waals surface area (Å²) in [7, 11) is 0. The van der Waals surface area contributed by atoms with Crippen molar-refractivity contribution in [3.63, 3.8) is 0 Å². The molecule has 1 heterocycles. The third kappa shape index (κ3) is 3.86. The molecule has 3 nitrogen and oxygen atoms in total. The number of aromatic nitrogens is 1. The molecule has 0 atom stereocenters. The van der Waals surface area contributed by atoms with Crippen LogP contribution in [-0.4, -0.2) is 11.5 Å². The third-order valence-corrected chi connectivity index (χ3v) is 2.79. The van der Waals surface area contributed by atoms with Gasteiger partial charge in [0.2, 0.25) is 0 Å². The normalized spacial score (nSPS) is 11.2. The van der Waals surface area contributed by atoms with Gasteiger partial charge in [0, 0.05) is 17.6 Å². The van der Waals surface area contributed by atoms with Crippen molar-refractivity contribution < 1.29 is 0 Å². The average molecular weight is 209 g/mol. The number of hydrogen-bond acceptors (Lipinski definition) is 4. The van der Waals surface area contributed by atoms with Crippen molar-refractivity contribution in [3.8, 4) is 6.07 Å². The van der Waals surface area contributed by atoms with Crippen LogP contribution in [0.4, 0.5) is 0 Å². The fourth-order valence-corrected chi connectivity index (χ4v) is 1.56. The summed E-state index contributed by atoms with van der Waals surface area (Å²) in [6.07, 6.45) is 2.75. The highest BCUT2D eigenvalue weighted by atomic mass is 32.1. The van der Waals surface area contributed by atoms with Crippen LogP contribution in [0.3, 0.4) is 0 Å². The highest BCUT2D eigenvalue weighted by Crippen LogP contribution is 2.17. The number of rotatable bonds is 5. The van der Waals surface area contributed by atoms with E-state index in [9.17, 15) is 0 Å². The van der Waals surface area contributed by atoms with Crippen molar-refractivity contribution in [3.05, 3.63) is 16.6 Å². The van der Waals surface area contributed by atoms with E-state index < -0.39 is 0 Å². The molecule has 76 valence electrons. The summed E-state index contributed by atoms with van der Waals surface area (Å²) < 4.78 is 0. The molecule has 0 aliphatic heterocycles. The lowest BCUT2D eigenvalue weighted by Gasteiger charge is -2.14. The van der Waals surface area contributed by atoms with E-state index in [2.05, 4.69) is 16.4 Å². The zero-order valence-corrected chi connectivity index (χ0v) is 9.40. The van der Waals surface area contributed by atoms with Crippen LogP contribution in [-0.2, 0) is 6.54 Å². The number of nitrogens with zero attached hydrogens (tertiary/aromatic N) is 2. The lowest BCUT2D eigenvalue weighted by Crippen LogP contribution is -2.20. The fraction of sp³-hybridized carbons (Fsp3) is 0.600. The smallest absolute Gasteiger partial charge is 0.0794 e. The molecule has 0 saturated heterocycles. The summed E-state index contributed by atoms with van der Waals surface area (Å²) in [6, 6.07) is 2.29. The number of nitriles is 1. The Morgan fingerprint density at radius 1 is 1.64 bits per heavy atom. The molecule has 0 fully saturated rings. The van der Waals surface area contributed by atoms with Crippen LogP contribution in [0.15, 0.2) is 11.7 Å². The Balaban J connectivity index is 2.15. The summed E-state index contributed by atoms with van der Waals surface area (Å²) in [6.45, 7) is 5.65. The van der Waals surface area contributed by atoms with Gasteiger partial charge >= 0.3 is 0 Å². The van der Waals surface area contributed by atoms with Gasteiger partial charge in [0.15, 0.2) is 0 Å². The summed E-state index contributed by atoms with van der Waals surface area (Å²) in [5.41, 5.74) is 1.61. The van der Waals surface area contributed by atoms with Gasteiger partial charge in [-0.15, -0.1) is 11.3 Å². The average Bonchev–Trinajstić information content (AvgIpc) is 2.65. The fourth-order valence-electron chi connectivity index (χ4n) is 0.998. The SMILES string of the molecule is CC(C)(C#N)CCNCc1cncs1. The van der Waals surface area contributed by atoms with E-state index >= 15 is 0 Å². The summed E-state index contributed by atoms with van der Waals surface area (Å²) >= 11 is 1.65. The predicted octanol–water partition coefficient (Wildman–Crippen LogP) is 2.17. The largest absolute Gasteiger partial charge is 0.312 e. The molecule has 0 amide bonds. The second kappa shape index (κ2) is 5.08. The van der Waals surface area contributed by atoms with Crippen molar-refractivity contribution >= 4 is 11.3 Å². The van der Waals surface area contributed by atoms with E-state index in [4.69, 9.17) is 5.26 Å². The molecular formula is C10H15N3S. The Morgan fingerprint density at radius 3 is 3.00 bits per heavy atom. The van der Waals surface area contributed by atoms with E-state index in [1.165, 1.54) is 4.88 Å². The topological polar surface area (TPSA) is 48.7 Å².